The number of nitrogens with one attached hydrogen (secondary N) is 1. The van der Waals surface area contributed by atoms with E-state index in [0.29, 0.717) is 34.3 Å². The number of rotatable bonds is 7. The standard InChI is InChI=1S/C30H31ClN4O4/c1-19-25(15-22(31)16-32-19)28(36)33-23-13-11-20(12-14-23)17-34-26-9-5-6-10-27(26)35(30(34)38)18-21-7-3-4-8-24(21)29(37)39-2/h3-10,15-16,20,23H,11-14,17-18H2,1-2H3,(H,33,36). The number of hydrogen-bond donors (Lipinski definition) is 1. The van der Waals surface area contributed by atoms with Crippen LogP contribution in [0.15, 0.2) is 65.6 Å². The second kappa shape index (κ2) is 11.5. The zero-order chi connectivity index (χ0) is 27.5. The molecule has 2 aromatic heterocycles. The van der Waals surface area contributed by atoms with E-state index in [1.807, 2.05) is 41.0 Å². The third-order valence-corrected chi connectivity index (χ3v) is 7.80. The highest BCUT2D eigenvalue weighted by molar-refractivity contribution is 6.30. The van der Waals surface area contributed by atoms with Crippen molar-refractivity contribution in [2.45, 2.75) is 51.7 Å². The summed E-state index contributed by atoms with van der Waals surface area (Å²) in [4.78, 5) is 43.0. The van der Waals surface area contributed by atoms with Crippen molar-refractivity contribution >= 4 is 34.5 Å². The van der Waals surface area contributed by atoms with Crippen molar-refractivity contribution in [1.82, 2.24) is 19.4 Å². The van der Waals surface area contributed by atoms with Crippen LogP contribution < -0.4 is 11.0 Å². The first-order valence-corrected chi connectivity index (χ1v) is 13.5. The van der Waals surface area contributed by atoms with Crippen molar-refractivity contribution < 1.29 is 14.3 Å². The highest BCUT2D eigenvalue weighted by Crippen LogP contribution is 2.27. The molecule has 8 nitrogen and oxygen atoms in total. The number of pyridine rings is 1. The zero-order valence-corrected chi connectivity index (χ0v) is 22.8. The largest absolute Gasteiger partial charge is 0.465 e. The monoisotopic (exact) mass is 546 g/mol. The van der Waals surface area contributed by atoms with Gasteiger partial charge >= 0.3 is 11.7 Å². The summed E-state index contributed by atoms with van der Waals surface area (Å²) in [5.74, 6) is -0.266. The van der Waals surface area contributed by atoms with Crippen LogP contribution in [-0.4, -0.2) is 39.1 Å². The predicted octanol–water partition coefficient (Wildman–Crippen LogP) is 4.98. The second-order valence-corrected chi connectivity index (χ2v) is 10.5. The number of fused-ring (bicyclic) bond motifs is 1. The summed E-state index contributed by atoms with van der Waals surface area (Å²) in [5.41, 5.74) is 3.93. The molecule has 0 aliphatic heterocycles. The number of carbonyl (C=O) groups excluding carboxylic acids is 2. The maximum absolute atomic E-state index is 13.7. The van der Waals surface area contributed by atoms with Crippen molar-refractivity contribution in [3.63, 3.8) is 0 Å². The summed E-state index contributed by atoms with van der Waals surface area (Å²) < 4.78 is 8.51. The van der Waals surface area contributed by atoms with E-state index in [1.54, 1.807) is 29.7 Å². The van der Waals surface area contributed by atoms with E-state index >= 15 is 0 Å². The number of amides is 1. The van der Waals surface area contributed by atoms with E-state index in [-0.39, 0.29) is 24.2 Å². The molecule has 0 spiro atoms. The number of ether oxygens (including phenoxy) is 1. The van der Waals surface area contributed by atoms with Crippen molar-refractivity contribution in [3.8, 4) is 0 Å². The second-order valence-electron chi connectivity index (χ2n) is 10.1. The summed E-state index contributed by atoms with van der Waals surface area (Å²) in [6.45, 7) is 2.67. The molecule has 1 N–H and O–H groups in total. The number of methoxy groups -OCH3 is 1. The van der Waals surface area contributed by atoms with E-state index in [2.05, 4.69) is 10.3 Å². The first kappa shape index (κ1) is 26.7. The Labute approximate surface area is 231 Å². The molecule has 1 fully saturated rings. The van der Waals surface area contributed by atoms with Gasteiger partial charge in [0.05, 0.1) is 46.5 Å². The lowest BCUT2D eigenvalue weighted by atomic mass is 9.85. The van der Waals surface area contributed by atoms with Gasteiger partial charge in [-0.3, -0.25) is 18.9 Å². The summed E-state index contributed by atoms with van der Waals surface area (Å²) in [6, 6.07) is 16.7. The van der Waals surface area contributed by atoms with Gasteiger partial charge in [-0.2, -0.15) is 0 Å². The van der Waals surface area contributed by atoms with E-state index in [1.165, 1.54) is 13.3 Å². The Kier molecular flexibility index (Phi) is 7.84. The van der Waals surface area contributed by atoms with Crippen molar-refractivity contribution in [2.24, 2.45) is 5.92 Å². The van der Waals surface area contributed by atoms with Gasteiger partial charge in [-0.05, 0) is 68.4 Å². The molecule has 2 heterocycles. The highest BCUT2D eigenvalue weighted by Gasteiger charge is 2.26. The first-order valence-electron chi connectivity index (χ1n) is 13.1. The third kappa shape index (κ3) is 5.61. The number of aromatic nitrogens is 3. The van der Waals surface area contributed by atoms with Gasteiger partial charge in [0.25, 0.3) is 5.91 Å². The molecule has 39 heavy (non-hydrogen) atoms. The quantitative estimate of drug-likeness (QED) is 0.330. The number of benzene rings is 2. The molecule has 0 radical (unpaired) electrons. The fourth-order valence-corrected chi connectivity index (χ4v) is 5.65. The number of carbonyl (C=O) groups is 2. The zero-order valence-electron chi connectivity index (χ0n) is 22.0. The van der Waals surface area contributed by atoms with Gasteiger partial charge in [0.15, 0.2) is 0 Å². The van der Waals surface area contributed by atoms with Gasteiger partial charge in [-0.15, -0.1) is 0 Å². The molecular formula is C30H31ClN4O4. The Morgan fingerprint density at radius 1 is 1.00 bits per heavy atom. The average molecular weight is 547 g/mol. The third-order valence-electron chi connectivity index (χ3n) is 7.60. The summed E-state index contributed by atoms with van der Waals surface area (Å²) in [7, 11) is 1.35. The van der Waals surface area contributed by atoms with Crippen molar-refractivity contribution in [2.75, 3.05) is 7.11 Å². The predicted molar refractivity (Wildman–Crippen MR) is 150 cm³/mol. The molecule has 5 rings (SSSR count). The number of aryl methyl sites for hydroxylation is 1. The molecular weight excluding hydrogens is 516 g/mol. The lowest BCUT2D eigenvalue weighted by molar-refractivity contribution is 0.0599. The van der Waals surface area contributed by atoms with Gasteiger partial charge in [0, 0.05) is 18.8 Å². The van der Waals surface area contributed by atoms with Gasteiger partial charge in [0.2, 0.25) is 0 Å². The number of hydrogen-bond acceptors (Lipinski definition) is 5. The van der Waals surface area contributed by atoms with Crippen LogP contribution in [0.2, 0.25) is 5.02 Å². The van der Waals surface area contributed by atoms with Gasteiger partial charge in [-0.1, -0.05) is 41.9 Å². The molecule has 9 heteroatoms. The Morgan fingerprint density at radius 3 is 2.38 bits per heavy atom. The molecule has 1 saturated carbocycles. The van der Waals surface area contributed by atoms with Crippen LogP contribution >= 0.6 is 11.6 Å². The first-order chi connectivity index (χ1) is 18.9. The topological polar surface area (TPSA) is 95.2 Å². The van der Waals surface area contributed by atoms with E-state index in [9.17, 15) is 14.4 Å². The van der Waals surface area contributed by atoms with E-state index in [4.69, 9.17) is 16.3 Å². The summed E-state index contributed by atoms with van der Waals surface area (Å²) in [6.07, 6.45) is 5.01. The highest BCUT2D eigenvalue weighted by atomic mass is 35.5. The normalized spacial score (nSPS) is 17.2. The molecule has 1 aliphatic carbocycles. The molecule has 202 valence electrons. The van der Waals surface area contributed by atoms with Crippen LogP contribution in [0, 0.1) is 12.8 Å². The van der Waals surface area contributed by atoms with Gasteiger partial charge in [0.1, 0.15) is 0 Å². The van der Waals surface area contributed by atoms with Crippen LogP contribution in [0.5, 0.6) is 0 Å². The Balaban J connectivity index is 1.31. The number of para-hydroxylation sites is 2. The fraction of sp³-hybridized carbons (Fsp3) is 0.333. The summed E-state index contributed by atoms with van der Waals surface area (Å²) >= 11 is 6.04. The maximum atomic E-state index is 13.7. The van der Waals surface area contributed by atoms with Gasteiger partial charge < -0.3 is 10.1 Å². The molecule has 4 aromatic rings. The molecule has 2 aromatic carbocycles. The minimum atomic E-state index is -0.423. The van der Waals surface area contributed by atoms with Crippen LogP contribution in [-0.2, 0) is 17.8 Å². The minimum Gasteiger partial charge on any atom is -0.465 e. The molecule has 0 saturated heterocycles. The minimum absolute atomic E-state index is 0.0695. The van der Waals surface area contributed by atoms with Crippen LogP contribution in [0.4, 0.5) is 0 Å². The SMILES string of the molecule is COC(=O)c1ccccc1Cn1c(=O)n(CC2CCC(NC(=O)c3cc(Cl)cnc3C)CC2)c2ccccc21. The van der Waals surface area contributed by atoms with Crippen molar-refractivity contribution in [1.29, 1.82) is 0 Å². The number of nitrogens with zero attached hydrogens (tertiary/aromatic N) is 3. The molecule has 0 unspecified atom stereocenters. The molecule has 0 atom stereocenters. The van der Waals surface area contributed by atoms with Gasteiger partial charge in [-0.25, -0.2) is 9.59 Å². The Morgan fingerprint density at radius 2 is 1.67 bits per heavy atom. The van der Waals surface area contributed by atoms with Crippen LogP contribution in [0.25, 0.3) is 11.0 Å². The Bertz CT molecular complexity index is 1580. The lowest BCUT2D eigenvalue weighted by Gasteiger charge is -2.29. The van der Waals surface area contributed by atoms with E-state index in [0.717, 1.165) is 42.3 Å². The van der Waals surface area contributed by atoms with E-state index < -0.39 is 5.97 Å². The number of halogens is 1. The van der Waals surface area contributed by atoms with Crippen molar-refractivity contribution in [3.05, 3.63) is 98.7 Å². The Hall–Kier alpha value is -3.91. The smallest absolute Gasteiger partial charge is 0.338 e. The van der Waals surface area contributed by atoms with Crippen LogP contribution in [0.1, 0.15) is 57.7 Å². The molecule has 1 aliphatic rings. The lowest BCUT2D eigenvalue weighted by Crippen LogP contribution is -2.39. The summed E-state index contributed by atoms with van der Waals surface area (Å²) in [5, 5.41) is 3.57. The van der Waals surface area contributed by atoms with Crippen LogP contribution in [0.3, 0.4) is 0 Å². The fourth-order valence-electron chi connectivity index (χ4n) is 5.49. The molecule has 1 amide bonds. The maximum Gasteiger partial charge on any atom is 0.338 e. The number of esters is 1. The number of imidazole rings is 1. The molecule has 0 bridgehead atoms. The average Bonchev–Trinajstić information content (AvgIpc) is 3.21.